The lowest BCUT2D eigenvalue weighted by Crippen LogP contribution is -2.22. The highest BCUT2D eigenvalue weighted by atomic mass is 15.2. The minimum absolute atomic E-state index is 0.523. The van der Waals surface area contributed by atoms with Crippen LogP contribution in [0.25, 0.3) is 0 Å². The van der Waals surface area contributed by atoms with E-state index < -0.39 is 0 Å². The van der Waals surface area contributed by atoms with E-state index in [0.717, 1.165) is 6.54 Å². The third kappa shape index (κ3) is 1.18. The summed E-state index contributed by atoms with van der Waals surface area (Å²) >= 11 is 0. The van der Waals surface area contributed by atoms with Gasteiger partial charge in [-0.15, -0.1) is 0 Å². The second kappa shape index (κ2) is 2.56. The van der Waals surface area contributed by atoms with Gasteiger partial charge in [0, 0.05) is 12.7 Å². The van der Waals surface area contributed by atoms with E-state index in [1.54, 1.807) is 6.08 Å². The van der Waals surface area contributed by atoms with Crippen LogP contribution in [0, 0.1) is 0 Å². The summed E-state index contributed by atoms with van der Waals surface area (Å²) in [4.78, 5) is 5.90. The molecule has 3 heteroatoms. The van der Waals surface area contributed by atoms with Gasteiger partial charge in [0.05, 0.1) is 0 Å². The molecule has 3 nitrogen and oxygen atoms in total. The van der Waals surface area contributed by atoms with Crippen LogP contribution in [-0.2, 0) is 0 Å². The molecule has 1 rings (SSSR count). The van der Waals surface area contributed by atoms with Crippen molar-refractivity contribution in [2.45, 2.75) is 6.92 Å². The largest absolute Gasteiger partial charge is 0.384 e. The molecule has 1 aliphatic rings. The molecule has 0 aromatic heterocycles. The van der Waals surface area contributed by atoms with E-state index in [1.165, 1.54) is 0 Å². The van der Waals surface area contributed by atoms with Gasteiger partial charge in [-0.1, -0.05) is 6.58 Å². The van der Waals surface area contributed by atoms with Crippen LogP contribution in [-0.4, -0.2) is 17.3 Å². The van der Waals surface area contributed by atoms with Crippen LogP contribution >= 0.6 is 0 Å². The molecule has 54 valence electrons. The van der Waals surface area contributed by atoms with Crippen LogP contribution in [0.1, 0.15) is 6.92 Å². The fourth-order valence-electron chi connectivity index (χ4n) is 0.791. The molecule has 1 aliphatic heterocycles. The van der Waals surface area contributed by atoms with Gasteiger partial charge in [0.25, 0.3) is 0 Å². The second-order valence-corrected chi connectivity index (χ2v) is 2.05. The molecule has 0 fully saturated rings. The Hall–Kier alpha value is -1.25. The molecule has 0 spiro atoms. The SMILES string of the molecule is C=C1N=C(N)C=CN1CC. The Balaban J connectivity index is 2.74. The highest BCUT2D eigenvalue weighted by Gasteiger charge is 2.04. The zero-order chi connectivity index (χ0) is 7.56. The average molecular weight is 137 g/mol. The Bertz CT molecular complexity index is 203. The van der Waals surface area contributed by atoms with E-state index in [4.69, 9.17) is 5.73 Å². The van der Waals surface area contributed by atoms with Gasteiger partial charge in [-0.3, -0.25) is 0 Å². The van der Waals surface area contributed by atoms with Crippen molar-refractivity contribution in [3.05, 3.63) is 24.7 Å². The summed E-state index contributed by atoms with van der Waals surface area (Å²) in [6, 6.07) is 0. The Labute approximate surface area is 60.5 Å². The first-order valence-corrected chi connectivity index (χ1v) is 3.22. The van der Waals surface area contributed by atoms with Gasteiger partial charge in [0.2, 0.25) is 0 Å². The average Bonchev–Trinajstić information content (AvgIpc) is 1.88. The topological polar surface area (TPSA) is 41.6 Å². The lowest BCUT2D eigenvalue weighted by atomic mass is 10.4. The molecule has 2 N–H and O–H groups in total. The molecule has 0 saturated heterocycles. The number of aliphatic imine (C=N–C) groups is 1. The van der Waals surface area contributed by atoms with Gasteiger partial charge in [-0.2, -0.15) is 0 Å². The van der Waals surface area contributed by atoms with Gasteiger partial charge in [0.1, 0.15) is 11.7 Å². The lowest BCUT2D eigenvalue weighted by molar-refractivity contribution is 0.485. The van der Waals surface area contributed by atoms with Crippen molar-refractivity contribution in [2.75, 3.05) is 6.54 Å². The first kappa shape index (κ1) is 6.86. The van der Waals surface area contributed by atoms with Crippen LogP contribution in [0.3, 0.4) is 0 Å². The van der Waals surface area contributed by atoms with Crippen LogP contribution in [0.4, 0.5) is 0 Å². The quantitative estimate of drug-likeness (QED) is 0.577. The molecular weight excluding hydrogens is 126 g/mol. The minimum atomic E-state index is 0.523. The molecule has 0 unspecified atom stereocenters. The van der Waals surface area contributed by atoms with Crippen LogP contribution in [0.15, 0.2) is 29.7 Å². The third-order valence-electron chi connectivity index (χ3n) is 1.36. The molecule has 0 saturated carbocycles. The maximum absolute atomic E-state index is 5.42. The monoisotopic (exact) mass is 137 g/mol. The fourth-order valence-corrected chi connectivity index (χ4v) is 0.791. The minimum Gasteiger partial charge on any atom is -0.384 e. The van der Waals surface area contributed by atoms with Crippen LogP contribution in [0.5, 0.6) is 0 Å². The third-order valence-corrected chi connectivity index (χ3v) is 1.36. The molecule has 0 bridgehead atoms. The van der Waals surface area contributed by atoms with Crippen LogP contribution in [0.2, 0.25) is 0 Å². The van der Waals surface area contributed by atoms with Crippen molar-refractivity contribution in [3.63, 3.8) is 0 Å². The maximum atomic E-state index is 5.42. The van der Waals surface area contributed by atoms with Gasteiger partial charge in [-0.05, 0) is 13.0 Å². The Morgan fingerprint density at radius 3 is 3.00 bits per heavy atom. The van der Waals surface area contributed by atoms with Crippen molar-refractivity contribution < 1.29 is 0 Å². The van der Waals surface area contributed by atoms with E-state index in [-0.39, 0.29) is 0 Å². The molecule has 0 atom stereocenters. The van der Waals surface area contributed by atoms with Gasteiger partial charge < -0.3 is 10.6 Å². The molecule has 0 radical (unpaired) electrons. The second-order valence-electron chi connectivity index (χ2n) is 2.05. The van der Waals surface area contributed by atoms with Crippen molar-refractivity contribution in [1.82, 2.24) is 4.90 Å². The molecule has 0 aromatic carbocycles. The van der Waals surface area contributed by atoms with Crippen molar-refractivity contribution >= 4 is 5.84 Å². The molecule has 10 heavy (non-hydrogen) atoms. The van der Waals surface area contributed by atoms with E-state index >= 15 is 0 Å². The van der Waals surface area contributed by atoms with Gasteiger partial charge >= 0.3 is 0 Å². The molecule has 0 aliphatic carbocycles. The smallest absolute Gasteiger partial charge is 0.127 e. The summed E-state index contributed by atoms with van der Waals surface area (Å²) in [5.74, 6) is 1.23. The molecule has 0 aromatic rings. The first-order chi connectivity index (χ1) is 4.74. The van der Waals surface area contributed by atoms with E-state index in [2.05, 4.69) is 11.6 Å². The molecular formula is C7H11N3. The number of hydrogen-bond donors (Lipinski definition) is 1. The Morgan fingerprint density at radius 2 is 2.50 bits per heavy atom. The van der Waals surface area contributed by atoms with Crippen molar-refractivity contribution in [2.24, 2.45) is 10.7 Å². The maximum Gasteiger partial charge on any atom is 0.127 e. The van der Waals surface area contributed by atoms with E-state index in [9.17, 15) is 0 Å². The lowest BCUT2D eigenvalue weighted by Gasteiger charge is -2.20. The van der Waals surface area contributed by atoms with Crippen LogP contribution < -0.4 is 5.73 Å². The number of hydrogen-bond acceptors (Lipinski definition) is 3. The Morgan fingerprint density at radius 1 is 1.80 bits per heavy atom. The summed E-state index contributed by atoms with van der Waals surface area (Å²) < 4.78 is 0. The van der Waals surface area contributed by atoms with Gasteiger partial charge in [-0.25, -0.2) is 4.99 Å². The predicted molar refractivity (Wildman–Crippen MR) is 42.3 cm³/mol. The fraction of sp³-hybridized carbons (Fsp3) is 0.286. The number of nitrogens with zero attached hydrogens (tertiary/aromatic N) is 2. The van der Waals surface area contributed by atoms with Gasteiger partial charge in [0.15, 0.2) is 0 Å². The molecule has 1 heterocycles. The number of rotatable bonds is 1. The highest BCUT2D eigenvalue weighted by Crippen LogP contribution is 2.07. The summed E-state index contributed by atoms with van der Waals surface area (Å²) in [5.41, 5.74) is 5.42. The van der Waals surface area contributed by atoms with Crippen molar-refractivity contribution in [1.29, 1.82) is 0 Å². The Kier molecular flexibility index (Phi) is 1.76. The summed E-state index contributed by atoms with van der Waals surface area (Å²) in [5, 5.41) is 0. The standard InChI is InChI=1S/C7H11N3/c1-3-10-5-4-7(8)9-6(10)2/h4-5H,2-3H2,1H3,(H2,8,9). The summed E-state index contributed by atoms with van der Waals surface area (Å²) in [6.45, 7) is 6.64. The number of amidine groups is 1. The highest BCUT2D eigenvalue weighted by molar-refractivity contribution is 5.92. The van der Waals surface area contributed by atoms with E-state index in [0.29, 0.717) is 11.7 Å². The summed E-state index contributed by atoms with van der Waals surface area (Å²) in [6.07, 6.45) is 3.64. The number of nitrogens with two attached hydrogens (primary N) is 1. The van der Waals surface area contributed by atoms with E-state index in [1.807, 2.05) is 18.0 Å². The van der Waals surface area contributed by atoms with Crippen molar-refractivity contribution in [3.8, 4) is 0 Å². The normalized spacial score (nSPS) is 17.5. The molecule has 0 amide bonds. The predicted octanol–water partition coefficient (Wildman–Crippen LogP) is 0.664. The zero-order valence-corrected chi connectivity index (χ0v) is 6.04. The first-order valence-electron chi connectivity index (χ1n) is 3.22. The zero-order valence-electron chi connectivity index (χ0n) is 6.04. The summed E-state index contributed by atoms with van der Waals surface area (Å²) in [7, 11) is 0.